The van der Waals surface area contributed by atoms with Crippen molar-refractivity contribution in [3.63, 3.8) is 0 Å². The fraction of sp³-hybridized carbons (Fsp3) is 0.429. The minimum absolute atomic E-state index is 0.353. The summed E-state index contributed by atoms with van der Waals surface area (Å²) in [6, 6.07) is 8.53. The summed E-state index contributed by atoms with van der Waals surface area (Å²) in [6.45, 7) is 5.54. The van der Waals surface area contributed by atoms with Crippen LogP contribution in [0.1, 0.15) is 13.8 Å². The molecule has 5 heteroatoms. The van der Waals surface area contributed by atoms with E-state index in [-0.39, 0.29) is 0 Å². The van der Waals surface area contributed by atoms with Crippen molar-refractivity contribution in [2.45, 2.75) is 25.1 Å². The Morgan fingerprint density at radius 3 is 2.89 bits per heavy atom. The van der Waals surface area contributed by atoms with Gasteiger partial charge < -0.3 is 10.6 Å². The molecule has 2 N–H and O–H groups in total. The minimum atomic E-state index is 0.353. The Morgan fingerprint density at radius 1 is 1.26 bits per heavy atom. The Labute approximate surface area is 117 Å². The molecular weight excluding hydrogens is 256 g/mol. The van der Waals surface area contributed by atoms with Gasteiger partial charge in [0.05, 0.1) is 5.52 Å². The van der Waals surface area contributed by atoms with Crippen molar-refractivity contribution < 1.29 is 0 Å². The number of nitrogens with zero attached hydrogens (tertiary/aromatic N) is 3. The lowest BCUT2D eigenvalue weighted by atomic mass is 10.1. The summed E-state index contributed by atoms with van der Waals surface area (Å²) in [6.07, 6.45) is 0. The molecule has 1 aliphatic heterocycles. The number of hydrogen-bond acceptors (Lipinski definition) is 5. The highest BCUT2D eigenvalue weighted by Gasteiger charge is 2.27. The van der Waals surface area contributed by atoms with Gasteiger partial charge in [-0.2, -0.15) is 16.7 Å². The number of aromatic nitrogens is 2. The third-order valence-electron chi connectivity index (χ3n) is 3.76. The molecule has 1 fully saturated rings. The molecule has 19 heavy (non-hydrogen) atoms. The van der Waals surface area contributed by atoms with Crippen molar-refractivity contribution in [2.24, 2.45) is 0 Å². The normalized spacial score (nSPS) is 23.8. The number of benzene rings is 1. The van der Waals surface area contributed by atoms with E-state index in [1.807, 2.05) is 30.0 Å². The number of para-hydroxylation sites is 1. The monoisotopic (exact) mass is 274 g/mol. The number of fused-ring (bicyclic) bond motifs is 1. The summed E-state index contributed by atoms with van der Waals surface area (Å²) >= 11 is 2.02. The summed E-state index contributed by atoms with van der Waals surface area (Å²) in [7, 11) is 0. The van der Waals surface area contributed by atoms with Crippen LogP contribution < -0.4 is 10.6 Å². The second kappa shape index (κ2) is 4.89. The Balaban J connectivity index is 2.13. The van der Waals surface area contributed by atoms with Gasteiger partial charge in [-0.05, 0) is 19.1 Å². The lowest BCUT2D eigenvalue weighted by Gasteiger charge is -2.38. The quantitative estimate of drug-likeness (QED) is 0.866. The summed E-state index contributed by atoms with van der Waals surface area (Å²) < 4.78 is 0. The van der Waals surface area contributed by atoms with Crippen LogP contribution in [0.4, 0.5) is 11.8 Å². The van der Waals surface area contributed by atoms with E-state index >= 15 is 0 Å². The third-order valence-corrected chi connectivity index (χ3v) is 5.09. The van der Waals surface area contributed by atoms with Crippen LogP contribution in [0, 0.1) is 0 Å². The van der Waals surface area contributed by atoms with Crippen LogP contribution in [0.2, 0.25) is 0 Å². The number of thioether (sulfide) groups is 1. The number of nitrogen functional groups attached to an aromatic ring is 1. The molecule has 100 valence electrons. The largest absolute Gasteiger partial charge is 0.368 e. The van der Waals surface area contributed by atoms with Crippen LogP contribution >= 0.6 is 11.8 Å². The van der Waals surface area contributed by atoms with Crippen LogP contribution in [0.3, 0.4) is 0 Å². The molecule has 2 heterocycles. The number of anilines is 2. The summed E-state index contributed by atoms with van der Waals surface area (Å²) in [5.41, 5.74) is 6.78. The van der Waals surface area contributed by atoms with Gasteiger partial charge in [0.25, 0.3) is 0 Å². The highest BCUT2D eigenvalue weighted by Crippen LogP contribution is 2.32. The molecule has 4 nitrogen and oxygen atoms in total. The van der Waals surface area contributed by atoms with Gasteiger partial charge in [0.15, 0.2) is 0 Å². The van der Waals surface area contributed by atoms with Crippen LogP contribution in [-0.2, 0) is 0 Å². The summed E-state index contributed by atoms with van der Waals surface area (Å²) in [5, 5.41) is 1.69. The first kappa shape index (κ1) is 12.5. The van der Waals surface area contributed by atoms with E-state index in [1.54, 1.807) is 0 Å². The number of rotatable bonds is 1. The van der Waals surface area contributed by atoms with Gasteiger partial charge in [-0.3, -0.25) is 0 Å². The van der Waals surface area contributed by atoms with Gasteiger partial charge in [0.2, 0.25) is 5.95 Å². The maximum Gasteiger partial charge on any atom is 0.222 e. The molecule has 0 amide bonds. The predicted octanol–water partition coefficient (Wildman–Crippen LogP) is 2.54. The van der Waals surface area contributed by atoms with Crippen LogP contribution in [0.25, 0.3) is 10.9 Å². The molecule has 0 bridgehead atoms. The molecule has 1 aromatic carbocycles. The highest BCUT2D eigenvalue weighted by atomic mass is 32.2. The van der Waals surface area contributed by atoms with Crippen LogP contribution in [0.5, 0.6) is 0 Å². The lowest BCUT2D eigenvalue weighted by molar-refractivity contribution is 0.622. The molecule has 0 saturated carbocycles. The van der Waals surface area contributed by atoms with Gasteiger partial charge in [0, 0.05) is 29.0 Å². The maximum atomic E-state index is 5.86. The molecule has 2 atom stereocenters. The smallest absolute Gasteiger partial charge is 0.222 e. The Bertz CT molecular complexity index is 601. The van der Waals surface area contributed by atoms with Gasteiger partial charge in [-0.15, -0.1) is 0 Å². The molecule has 2 unspecified atom stereocenters. The first-order valence-electron chi connectivity index (χ1n) is 6.57. The van der Waals surface area contributed by atoms with Crippen molar-refractivity contribution in [1.82, 2.24) is 9.97 Å². The molecule has 1 aliphatic rings. The Hall–Kier alpha value is -1.49. The lowest BCUT2D eigenvalue weighted by Crippen LogP contribution is -2.45. The highest BCUT2D eigenvalue weighted by molar-refractivity contribution is 8.00. The standard InChI is InChI=1S/C14H18N4S/c1-9-10(2)19-8-7-18(9)13-11-5-3-4-6-12(11)16-14(15)17-13/h3-6,9-10H,7-8H2,1-2H3,(H2,15,16,17). The zero-order valence-corrected chi connectivity index (χ0v) is 12.0. The third kappa shape index (κ3) is 2.23. The zero-order chi connectivity index (χ0) is 13.4. The van der Waals surface area contributed by atoms with E-state index in [0.29, 0.717) is 17.2 Å². The Kier molecular flexibility index (Phi) is 3.22. The summed E-state index contributed by atoms with van der Waals surface area (Å²) in [5.74, 6) is 2.46. The number of hydrogen-bond donors (Lipinski definition) is 1. The molecular formula is C14H18N4S. The molecule has 2 aromatic rings. The van der Waals surface area contributed by atoms with Gasteiger partial charge in [0.1, 0.15) is 5.82 Å². The minimum Gasteiger partial charge on any atom is -0.368 e. The topological polar surface area (TPSA) is 55.0 Å². The van der Waals surface area contributed by atoms with Crippen molar-refractivity contribution >= 4 is 34.4 Å². The first-order chi connectivity index (χ1) is 9.16. The van der Waals surface area contributed by atoms with Crippen molar-refractivity contribution in [1.29, 1.82) is 0 Å². The van der Waals surface area contributed by atoms with E-state index in [9.17, 15) is 0 Å². The fourth-order valence-corrected chi connectivity index (χ4v) is 3.63. The fourth-order valence-electron chi connectivity index (χ4n) is 2.53. The van der Waals surface area contributed by atoms with E-state index in [4.69, 9.17) is 5.73 Å². The first-order valence-corrected chi connectivity index (χ1v) is 7.62. The van der Waals surface area contributed by atoms with E-state index in [1.165, 1.54) is 0 Å². The second-order valence-corrected chi connectivity index (χ2v) is 6.42. The van der Waals surface area contributed by atoms with Crippen molar-refractivity contribution in [3.8, 4) is 0 Å². The number of nitrogens with two attached hydrogens (primary N) is 1. The second-order valence-electron chi connectivity index (χ2n) is 4.93. The molecule has 1 saturated heterocycles. The van der Waals surface area contributed by atoms with Crippen LogP contribution in [-0.4, -0.2) is 33.6 Å². The van der Waals surface area contributed by atoms with E-state index < -0.39 is 0 Å². The van der Waals surface area contributed by atoms with Gasteiger partial charge in [-0.1, -0.05) is 19.1 Å². The molecule has 1 aromatic heterocycles. The summed E-state index contributed by atoms with van der Waals surface area (Å²) in [4.78, 5) is 11.2. The van der Waals surface area contributed by atoms with E-state index in [0.717, 1.165) is 29.0 Å². The molecule has 0 aliphatic carbocycles. The van der Waals surface area contributed by atoms with Crippen LogP contribution in [0.15, 0.2) is 24.3 Å². The molecule has 0 radical (unpaired) electrons. The van der Waals surface area contributed by atoms with E-state index in [2.05, 4.69) is 34.8 Å². The predicted molar refractivity (Wildman–Crippen MR) is 82.7 cm³/mol. The maximum absolute atomic E-state index is 5.86. The average Bonchev–Trinajstić information content (AvgIpc) is 2.41. The van der Waals surface area contributed by atoms with Crippen molar-refractivity contribution in [2.75, 3.05) is 22.9 Å². The van der Waals surface area contributed by atoms with Gasteiger partial charge >= 0.3 is 0 Å². The zero-order valence-electron chi connectivity index (χ0n) is 11.2. The van der Waals surface area contributed by atoms with Gasteiger partial charge in [-0.25, -0.2) is 4.98 Å². The van der Waals surface area contributed by atoms with Crippen molar-refractivity contribution in [3.05, 3.63) is 24.3 Å². The SMILES string of the molecule is CC1SCCN(c2nc(N)nc3ccccc23)C1C. The molecule has 0 spiro atoms. The molecule has 3 rings (SSSR count). The average molecular weight is 274 g/mol. The Morgan fingerprint density at radius 2 is 2.05 bits per heavy atom.